The molecule has 0 saturated carbocycles. The van der Waals surface area contributed by atoms with Crippen LogP contribution in [0.2, 0.25) is 0 Å². The summed E-state index contributed by atoms with van der Waals surface area (Å²) in [4.78, 5) is 18.8. The number of likely N-dealkylation sites (tertiary alicyclic amines) is 1. The smallest absolute Gasteiger partial charge is 0.253 e. The average molecular weight is 298 g/mol. The van der Waals surface area contributed by atoms with Crippen LogP contribution >= 0.6 is 0 Å². The zero-order chi connectivity index (χ0) is 15.4. The Labute approximate surface area is 131 Å². The molecule has 1 N–H and O–H groups in total. The Morgan fingerprint density at radius 2 is 2.36 bits per heavy atom. The molecule has 5 heteroatoms. The molecule has 1 aliphatic rings. The number of imidazole rings is 1. The van der Waals surface area contributed by atoms with Crippen LogP contribution in [0.25, 0.3) is 5.69 Å². The SMILES string of the molecule is CNC[C@H]1CCCN(C(=O)c2cccc(-n3ccnc3)c2)C1. The summed E-state index contributed by atoms with van der Waals surface area (Å²) in [5, 5.41) is 3.22. The molecule has 0 aliphatic carbocycles. The molecule has 2 heterocycles. The van der Waals surface area contributed by atoms with Crippen molar-refractivity contribution < 1.29 is 4.79 Å². The molecule has 5 nitrogen and oxygen atoms in total. The van der Waals surface area contributed by atoms with Crippen molar-refractivity contribution in [3.63, 3.8) is 0 Å². The van der Waals surface area contributed by atoms with E-state index in [1.165, 1.54) is 6.42 Å². The molecule has 1 aliphatic heterocycles. The highest BCUT2D eigenvalue weighted by Crippen LogP contribution is 2.19. The Bertz CT molecular complexity index is 621. The predicted molar refractivity (Wildman–Crippen MR) is 86.1 cm³/mol. The number of benzene rings is 1. The highest BCUT2D eigenvalue weighted by molar-refractivity contribution is 5.94. The predicted octanol–water partition coefficient (Wildman–Crippen LogP) is 1.94. The molecule has 116 valence electrons. The minimum absolute atomic E-state index is 0.128. The molecule has 1 fully saturated rings. The minimum Gasteiger partial charge on any atom is -0.338 e. The second-order valence-electron chi connectivity index (χ2n) is 5.84. The van der Waals surface area contributed by atoms with Crippen LogP contribution in [-0.4, -0.2) is 47.0 Å². The van der Waals surface area contributed by atoms with Crippen LogP contribution in [0.4, 0.5) is 0 Å². The fraction of sp³-hybridized carbons (Fsp3) is 0.412. The number of nitrogens with one attached hydrogen (secondary N) is 1. The summed E-state index contributed by atoms with van der Waals surface area (Å²) < 4.78 is 1.91. The van der Waals surface area contributed by atoms with Crippen molar-refractivity contribution in [3.8, 4) is 5.69 Å². The Morgan fingerprint density at radius 1 is 1.45 bits per heavy atom. The van der Waals surface area contributed by atoms with Gasteiger partial charge in [-0.05, 0) is 50.6 Å². The zero-order valence-corrected chi connectivity index (χ0v) is 12.9. The molecule has 1 amide bonds. The number of piperidine rings is 1. The summed E-state index contributed by atoms with van der Waals surface area (Å²) >= 11 is 0. The van der Waals surface area contributed by atoms with E-state index in [1.807, 2.05) is 47.0 Å². The van der Waals surface area contributed by atoms with Gasteiger partial charge in [-0.2, -0.15) is 0 Å². The number of aromatic nitrogens is 2. The lowest BCUT2D eigenvalue weighted by molar-refractivity contribution is 0.0674. The summed E-state index contributed by atoms with van der Waals surface area (Å²) in [5.74, 6) is 0.683. The molecular weight excluding hydrogens is 276 g/mol. The van der Waals surface area contributed by atoms with Crippen LogP contribution in [-0.2, 0) is 0 Å². The van der Waals surface area contributed by atoms with Gasteiger partial charge in [0.2, 0.25) is 0 Å². The van der Waals surface area contributed by atoms with Gasteiger partial charge in [-0.25, -0.2) is 4.98 Å². The van der Waals surface area contributed by atoms with Crippen LogP contribution in [0.15, 0.2) is 43.0 Å². The first kappa shape index (κ1) is 14.8. The minimum atomic E-state index is 0.128. The number of carbonyl (C=O) groups excluding carboxylic acids is 1. The molecule has 0 unspecified atom stereocenters. The van der Waals surface area contributed by atoms with E-state index in [0.29, 0.717) is 5.92 Å². The van der Waals surface area contributed by atoms with Gasteiger partial charge >= 0.3 is 0 Å². The lowest BCUT2D eigenvalue weighted by Gasteiger charge is -2.32. The van der Waals surface area contributed by atoms with E-state index in [0.717, 1.165) is 37.3 Å². The van der Waals surface area contributed by atoms with E-state index in [2.05, 4.69) is 10.3 Å². The molecule has 0 spiro atoms. The molecule has 0 bridgehead atoms. The monoisotopic (exact) mass is 298 g/mol. The lowest BCUT2D eigenvalue weighted by Crippen LogP contribution is -2.42. The first-order valence-electron chi connectivity index (χ1n) is 7.80. The van der Waals surface area contributed by atoms with Crippen molar-refractivity contribution >= 4 is 5.91 Å². The van der Waals surface area contributed by atoms with Crippen LogP contribution in [0.1, 0.15) is 23.2 Å². The third-order valence-electron chi connectivity index (χ3n) is 4.19. The number of amides is 1. The number of rotatable bonds is 4. The molecule has 1 aromatic carbocycles. The van der Waals surface area contributed by atoms with Gasteiger partial charge in [0.1, 0.15) is 0 Å². The molecule has 1 atom stereocenters. The summed E-state index contributed by atoms with van der Waals surface area (Å²) in [5.41, 5.74) is 1.71. The first-order chi connectivity index (χ1) is 10.8. The molecular formula is C17H22N4O. The van der Waals surface area contributed by atoms with Crippen molar-refractivity contribution in [2.75, 3.05) is 26.7 Å². The topological polar surface area (TPSA) is 50.2 Å². The van der Waals surface area contributed by atoms with Gasteiger partial charge in [-0.3, -0.25) is 4.79 Å². The molecule has 2 aromatic rings. The fourth-order valence-electron chi connectivity index (χ4n) is 3.10. The second kappa shape index (κ2) is 6.75. The Morgan fingerprint density at radius 3 is 3.14 bits per heavy atom. The molecule has 1 aromatic heterocycles. The van der Waals surface area contributed by atoms with E-state index in [1.54, 1.807) is 12.5 Å². The molecule has 1 saturated heterocycles. The largest absolute Gasteiger partial charge is 0.338 e. The van der Waals surface area contributed by atoms with Gasteiger partial charge in [-0.15, -0.1) is 0 Å². The molecule has 3 rings (SSSR count). The van der Waals surface area contributed by atoms with Crippen LogP contribution in [0, 0.1) is 5.92 Å². The van der Waals surface area contributed by atoms with Crippen molar-refractivity contribution in [1.82, 2.24) is 19.8 Å². The van der Waals surface area contributed by atoms with Gasteiger partial charge < -0.3 is 14.8 Å². The average Bonchev–Trinajstić information content (AvgIpc) is 3.09. The number of hydrogen-bond acceptors (Lipinski definition) is 3. The molecule has 0 radical (unpaired) electrons. The Hall–Kier alpha value is -2.14. The number of nitrogens with zero attached hydrogens (tertiary/aromatic N) is 3. The van der Waals surface area contributed by atoms with E-state index < -0.39 is 0 Å². The van der Waals surface area contributed by atoms with E-state index >= 15 is 0 Å². The van der Waals surface area contributed by atoms with Gasteiger partial charge in [0.05, 0.1) is 6.33 Å². The first-order valence-corrected chi connectivity index (χ1v) is 7.80. The third-order valence-corrected chi connectivity index (χ3v) is 4.19. The fourth-order valence-corrected chi connectivity index (χ4v) is 3.10. The summed E-state index contributed by atoms with van der Waals surface area (Å²) in [7, 11) is 1.97. The van der Waals surface area contributed by atoms with E-state index in [4.69, 9.17) is 0 Å². The highest BCUT2D eigenvalue weighted by Gasteiger charge is 2.24. The van der Waals surface area contributed by atoms with Gasteiger partial charge in [-0.1, -0.05) is 6.07 Å². The Kier molecular flexibility index (Phi) is 4.53. The summed E-state index contributed by atoms with van der Waals surface area (Å²) in [6.45, 7) is 2.67. The van der Waals surface area contributed by atoms with Crippen molar-refractivity contribution in [1.29, 1.82) is 0 Å². The van der Waals surface area contributed by atoms with Crippen molar-refractivity contribution in [2.24, 2.45) is 5.92 Å². The van der Waals surface area contributed by atoms with Crippen LogP contribution < -0.4 is 5.32 Å². The van der Waals surface area contributed by atoms with Crippen molar-refractivity contribution in [3.05, 3.63) is 48.5 Å². The van der Waals surface area contributed by atoms with Crippen molar-refractivity contribution in [2.45, 2.75) is 12.8 Å². The maximum absolute atomic E-state index is 12.8. The normalized spacial score (nSPS) is 18.4. The van der Waals surface area contributed by atoms with E-state index in [-0.39, 0.29) is 5.91 Å². The lowest BCUT2D eigenvalue weighted by atomic mass is 9.97. The number of hydrogen-bond donors (Lipinski definition) is 1. The van der Waals surface area contributed by atoms with Crippen LogP contribution in [0.5, 0.6) is 0 Å². The highest BCUT2D eigenvalue weighted by atomic mass is 16.2. The summed E-state index contributed by atoms with van der Waals surface area (Å²) in [6, 6.07) is 7.74. The van der Waals surface area contributed by atoms with Gasteiger partial charge in [0, 0.05) is 36.7 Å². The Balaban J connectivity index is 1.76. The maximum atomic E-state index is 12.8. The van der Waals surface area contributed by atoms with Gasteiger partial charge in [0.15, 0.2) is 0 Å². The zero-order valence-electron chi connectivity index (χ0n) is 12.9. The second-order valence-corrected chi connectivity index (χ2v) is 5.84. The third kappa shape index (κ3) is 3.20. The van der Waals surface area contributed by atoms with Gasteiger partial charge in [0.25, 0.3) is 5.91 Å². The van der Waals surface area contributed by atoms with Crippen LogP contribution in [0.3, 0.4) is 0 Å². The quantitative estimate of drug-likeness (QED) is 0.938. The van der Waals surface area contributed by atoms with E-state index in [9.17, 15) is 4.79 Å². The summed E-state index contributed by atoms with van der Waals surface area (Å²) in [6.07, 6.45) is 7.64. The standard InChI is InChI=1S/C17H22N4O/c1-18-11-14-4-3-8-20(12-14)17(22)15-5-2-6-16(10-15)21-9-7-19-13-21/h2,5-7,9-10,13-14,18H,3-4,8,11-12H2,1H3/t14-/m1/s1. The number of carbonyl (C=O) groups is 1. The maximum Gasteiger partial charge on any atom is 0.253 e. The molecule has 22 heavy (non-hydrogen) atoms.